The summed E-state index contributed by atoms with van der Waals surface area (Å²) in [5.74, 6) is 0.0797. The Morgan fingerprint density at radius 2 is 2.04 bits per heavy atom. The molecule has 2 N–H and O–H groups in total. The van der Waals surface area contributed by atoms with E-state index < -0.39 is 11.9 Å². The zero-order valence-electron chi connectivity index (χ0n) is 15.7. The van der Waals surface area contributed by atoms with Crippen LogP contribution in [0, 0.1) is 13.8 Å². The number of aryl methyl sites for hydroxylation is 2. The molecule has 152 valence electrons. The van der Waals surface area contributed by atoms with Crippen LogP contribution in [0.2, 0.25) is 5.02 Å². The molecule has 4 nitrogen and oxygen atoms in total. The minimum absolute atomic E-state index is 0.0797. The van der Waals surface area contributed by atoms with Crippen LogP contribution in [-0.4, -0.2) is 21.4 Å². The van der Waals surface area contributed by atoms with Gasteiger partial charge in [-0.1, -0.05) is 23.7 Å². The van der Waals surface area contributed by atoms with Gasteiger partial charge >= 0.3 is 6.18 Å². The summed E-state index contributed by atoms with van der Waals surface area (Å²) in [4.78, 5) is 0. The second-order valence-electron chi connectivity index (χ2n) is 7.02. The standard InChI is InChI=1S/C19H22ClF3N4S/c1-11-5-3-6-14(12(11)2)25-18(28)24-9-4-10-27-16(13-7-8-13)15(20)17(26-27)19(21,22)23/h3,5-6,13H,4,7-10H2,1-2H3,(H2,24,25,28). The Morgan fingerprint density at radius 1 is 1.32 bits per heavy atom. The average molecular weight is 431 g/mol. The smallest absolute Gasteiger partial charge is 0.362 e. The summed E-state index contributed by atoms with van der Waals surface area (Å²) in [7, 11) is 0. The van der Waals surface area contributed by atoms with Gasteiger partial charge in [0.2, 0.25) is 0 Å². The summed E-state index contributed by atoms with van der Waals surface area (Å²) in [5.41, 5.74) is 2.73. The number of hydrogen-bond donors (Lipinski definition) is 2. The topological polar surface area (TPSA) is 41.9 Å². The van der Waals surface area contributed by atoms with Crippen LogP contribution in [0.5, 0.6) is 0 Å². The van der Waals surface area contributed by atoms with Gasteiger partial charge in [0.25, 0.3) is 0 Å². The van der Waals surface area contributed by atoms with Crippen molar-refractivity contribution in [3.63, 3.8) is 0 Å². The van der Waals surface area contributed by atoms with Crippen LogP contribution in [0.1, 0.15) is 47.7 Å². The zero-order chi connectivity index (χ0) is 20.5. The van der Waals surface area contributed by atoms with E-state index in [4.69, 9.17) is 23.8 Å². The van der Waals surface area contributed by atoms with Gasteiger partial charge in [-0.15, -0.1) is 0 Å². The Balaban J connectivity index is 1.55. The minimum Gasteiger partial charge on any atom is -0.362 e. The van der Waals surface area contributed by atoms with Crippen LogP contribution in [0.15, 0.2) is 18.2 Å². The summed E-state index contributed by atoms with van der Waals surface area (Å²) in [6.45, 7) is 4.90. The van der Waals surface area contributed by atoms with Crippen LogP contribution in [0.4, 0.5) is 18.9 Å². The summed E-state index contributed by atoms with van der Waals surface area (Å²) in [5, 5.41) is 10.2. The summed E-state index contributed by atoms with van der Waals surface area (Å²) < 4.78 is 40.7. The lowest BCUT2D eigenvalue weighted by Gasteiger charge is -2.14. The highest BCUT2D eigenvalue weighted by atomic mass is 35.5. The first kappa shape index (κ1) is 20.9. The van der Waals surface area contributed by atoms with E-state index in [9.17, 15) is 13.2 Å². The Kier molecular flexibility index (Phi) is 6.19. The molecule has 3 rings (SSSR count). The molecule has 1 aliphatic carbocycles. The van der Waals surface area contributed by atoms with Crippen LogP contribution >= 0.6 is 23.8 Å². The monoisotopic (exact) mass is 430 g/mol. The van der Waals surface area contributed by atoms with Crippen LogP contribution < -0.4 is 10.6 Å². The highest BCUT2D eigenvalue weighted by molar-refractivity contribution is 7.80. The molecule has 28 heavy (non-hydrogen) atoms. The van der Waals surface area contributed by atoms with Gasteiger partial charge in [0.15, 0.2) is 10.8 Å². The zero-order valence-corrected chi connectivity index (χ0v) is 17.2. The molecule has 0 amide bonds. The molecule has 1 heterocycles. The molecule has 0 bridgehead atoms. The Hall–Kier alpha value is -1.80. The number of thiocarbonyl (C=S) groups is 1. The number of aromatic nitrogens is 2. The van der Waals surface area contributed by atoms with E-state index in [1.165, 1.54) is 4.68 Å². The molecular formula is C19H22ClF3N4S. The van der Waals surface area contributed by atoms with E-state index in [-0.39, 0.29) is 10.9 Å². The number of rotatable bonds is 6. The number of anilines is 1. The summed E-state index contributed by atoms with van der Waals surface area (Å²) >= 11 is 11.3. The molecule has 2 aromatic rings. The number of alkyl halides is 3. The first-order valence-electron chi connectivity index (χ1n) is 9.13. The third-order valence-electron chi connectivity index (χ3n) is 4.85. The van der Waals surface area contributed by atoms with E-state index >= 15 is 0 Å². The first-order chi connectivity index (χ1) is 13.2. The predicted molar refractivity (Wildman–Crippen MR) is 109 cm³/mol. The highest BCUT2D eigenvalue weighted by Gasteiger charge is 2.41. The van der Waals surface area contributed by atoms with Crippen LogP contribution in [0.3, 0.4) is 0 Å². The molecule has 0 aliphatic heterocycles. The fraction of sp³-hybridized carbons (Fsp3) is 0.474. The van der Waals surface area contributed by atoms with Crippen molar-refractivity contribution in [1.29, 1.82) is 0 Å². The number of nitrogens with zero attached hydrogens (tertiary/aromatic N) is 2. The maximum absolute atomic E-state index is 13.1. The van der Waals surface area contributed by atoms with Gasteiger partial charge in [-0.3, -0.25) is 4.68 Å². The van der Waals surface area contributed by atoms with Crippen LogP contribution in [-0.2, 0) is 12.7 Å². The molecule has 1 aliphatic rings. The predicted octanol–water partition coefficient (Wildman–Crippen LogP) is 5.43. The second-order valence-corrected chi connectivity index (χ2v) is 7.81. The van der Waals surface area contributed by atoms with E-state index in [2.05, 4.69) is 15.7 Å². The van der Waals surface area contributed by atoms with Crippen molar-refractivity contribution in [3.05, 3.63) is 45.7 Å². The minimum atomic E-state index is -4.54. The number of hydrogen-bond acceptors (Lipinski definition) is 2. The molecule has 9 heteroatoms. The van der Waals surface area contributed by atoms with Crippen LogP contribution in [0.25, 0.3) is 0 Å². The van der Waals surface area contributed by atoms with Crippen molar-refractivity contribution in [1.82, 2.24) is 15.1 Å². The Morgan fingerprint density at radius 3 is 2.68 bits per heavy atom. The van der Waals surface area contributed by atoms with Crippen molar-refractivity contribution >= 4 is 34.6 Å². The first-order valence-corrected chi connectivity index (χ1v) is 9.91. The Bertz CT molecular complexity index is 875. The molecule has 0 spiro atoms. The summed E-state index contributed by atoms with van der Waals surface area (Å²) in [6, 6.07) is 5.92. The third-order valence-corrected chi connectivity index (χ3v) is 5.47. The Labute approximate surface area is 172 Å². The molecule has 1 aromatic carbocycles. The molecule has 0 saturated heterocycles. The van der Waals surface area contributed by atoms with Crippen molar-refractivity contribution in [2.24, 2.45) is 0 Å². The number of halogens is 4. The molecule has 0 radical (unpaired) electrons. The van der Waals surface area contributed by atoms with E-state index in [1.54, 1.807) is 0 Å². The van der Waals surface area contributed by atoms with Gasteiger partial charge in [0, 0.05) is 24.7 Å². The van der Waals surface area contributed by atoms with Gasteiger partial charge in [0.1, 0.15) is 0 Å². The fourth-order valence-electron chi connectivity index (χ4n) is 3.04. The van der Waals surface area contributed by atoms with E-state index in [0.29, 0.717) is 30.3 Å². The van der Waals surface area contributed by atoms with Crippen molar-refractivity contribution in [2.75, 3.05) is 11.9 Å². The molecule has 1 aromatic heterocycles. The molecule has 0 atom stereocenters. The maximum Gasteiger partial charge on any atom is 0.436 e. The highest BCUT2D eigenvalue weighted by Crippen LogP contribution is 2.46. The quantitative estimate of drug-likeness (QED) is 0.474. The number of benzene rings is 1. The fourth-order valence-corrected chi connectivity index (χ4v) is 3.64. The molecule has 1 saturated carbocycles. The SMILES string of the molecule is Cc1cccc(NC(=S)NCCCn2nc(C(F)(F)F)c(Cl)c2C2CC2)c1C. The number of nitrogens with one attached hydrogen (secondary N) is 2. The summed E-state index contributed by atoms with van der Waals surface area (Å²) in [6.07, 6.45) is -2.26. The lowest BCUT2D eigenvalue weighted by atomic mass is 10.1. The molecular weight excluding hydrogens is 409 g/mol. The largest absolute Gasteiger partial charge is 0.436 e. The maximum atomic E-state index is 13.1. The van der Waals surface area contributed by atoms with Crippen molar-refractivity contribution in [3.8, 4) is 0 Å². The van der Waals surface area contributed by atoms with E-state index in [1.807, 2.05) is 32.0 Å². The van der Waals surface area contributed by atoms with E-state index in [0.717, 1.165) is 29.7 Å². The third kappa shape index (κ3) is 4.78. The van der Waals surface area contributed by atoms with Gasteiger partial charge in [-0.05, 0) is 62.5 Å². The van der Waals surface area contributed by atoms with Crippen molar-refractivity contribution < 1.29 is 13.2 Å². The van der Waals surface area contributed by atoms with Crippen molar-refractivity contribution in [2.45, 2.75) is 51.7 Å². The lowest BCUT2D eigenvalue weighted by molar-refractivity contribution is -0.141. The average Bonchev–Trinajstić information content (AvgIpc) is 3.38. The normalized spacial score (nSPS) is 14.2. The van der Waals surface area contributed by atoms with Gasteiger partial charge in [0.05, 0.1) is 10.7 Å². The van der Waals surface area contributed by atoms with Gasteiger partial charge in [-0.25, -0.2) is 0 Å². The molecule has 0 unspecified atom stereocenters. The van der Waals surface area contributed by atoms with Gasteiger partial charge in [-0.2, -0.15) is 18.3 Å². The lowest BCUT2D eigenvalue weighted by Crippen LogP contribution is -2.30. The second kappa shape index (κ2) is 8.29. The van der Waals surface area contributed by atoms with Gasteiger partial charge < -0.3 is 10.6 Å². The molecule has 1 fully saturated rings.